The molecule has 0 unspecified atom stereocenters. The van der Waals surface area contributed by atoms with Gasteiger partial charge in [-0.15, -0.1) is 0 Å². The van der Waals surface area contributed by atoms with E-state index >= 15 is 0 Å². The van der Waals surface area contributed by atoms with E-state index in [1.807, 2.05) is 61.5 Å². The van der Waals surface area contributed by atoms with Crippen molar-refractivity contribution < 1.29 is 4.79 Å². The summed E-state index contributed by atoms with van der Waals surface area (Å²) in [4.78, 5) is 17.7. The van der Waals surface area contributed by atoms with Crippen LogP contribution in [0.15, 0.2) is 78.9 Å². The lowest BCUT2D eigenvalue weighted by molar-refractivity contribution is 0.0993. The van der Waals surface area contributed by atoms with Crippen molar-refractivity contribution in [1.29, 1.82) is 0 Å². The molecule has 34 heavy (non-hydrogen) atoms. The molecule has 3 aromatic carbocycles. The molecule has 0 radical (unpaired) electrons. The van der Waals surface area contributed by atoms with Crippen LogP contribution in [-0.2, 0) is 12.8 Å². The number of hydrogen-bond donors (Lipinski definition) is 1. The van der Waals surface area contributed by atoms with Gasteiger partial charge in [0.15, 0.2) is 5.78 Å². The maximum Gasteiger partial charge on any atom is 0.167 e. The first-order valence-electron chi connectivity index (χ1n) is 11.4. The molecule has 0 aliphatic heterocycles. The fourth-order valence-corrected chi connectivity index (χ4v) is 4.49. The molecule has 3 nitrogen and oxygen atoms in total. The van der Waals surface area contributed by atoms with E-state index in [2.05, 4.69) is 42.6 Å². The van der Waals surface area contributed by atoms with Gasteiger partial charge in [0.1, 0.15) is 0 Å². The maximum absolute atomic E-state index is 12.9. The number of benzene rings is 3. The highest BCUT2D eigenvalue weighted by Gasteiger charge is 2.16. The summed E-state index contributed by atoms with van der Waals surface area (Å²) >= 11 is 6.23. The number of pyridine rings is 1. The average Bonchev–Trinajstić information content (AvgIpc) is 3.30. The standard InChI is InChI=1S/C30H25ClN2O/c1-19-6-3-8-23(14-19)30(34)16-21-13-12-20(2)27(15-21)33-29-18-28(22-7-4-9-24(31)17-22)32-26-11-5-10-25(26)29/h3-10,12-15,17-18H,11,16H2,1-2H3,(H,32,33). The van der Waals surface area contributed by atoms with E-state index in [9.17, 15) is 4.79 Å². The number of Topliss-reactive ketones (excluding diaryl/α,β-unsaturated/α-hetero) is 1. The second kappa shape index (κ2) is 9.28. The van der Waals surface area contributed by atoms with E-state index in [0.29, 0.717) is 11.4 Å². The van der Waals surface area contributed by atoms with Crippen molar-refractivity contribution in [3.05, 3.63) is 117 Å². The van der Waals surface area contributed by atoms with Crippen molar-refractivity contribution in [2.45, 2.75) is 26.7 Å². The second-order valence-electron chi connectivity index (χ2n) is 8.78. The number of nitrogens with zero attached hydrogens (tertiary/aromatic N) is 1. The number of carbonyl (C=O) groups is 1. The SMILES string of the molecule is Cc1cccc(C(=O)Cc2ccc(C)c(Nc3cc(-c4cccc(Cl)c4)nc4c3C=CC4)c2)c1. The summed E-state index contributed by atoms with van der Waals surface area (Å²) < 4.78 is 0. The topological polar surface area (TPSA) is 42.0 Å². The van der Waals surface area contributed by atoms with Crippen LogP contribution in [0.5, 0.6) is 0 Å². The number of aryl methyl sites for hydroxylation is 2. The van der Waals surface area contributed by atoms with Crippen LogP contribution in [0, 0.1) is 13.8 Å². The lowest BCUT2D eigenvalue weighted by atomic mass is 10.00. The summed E-state index contributed by atoms with van der Waals surface area (Å²) in [6, 6.07) is 23.8. The number of fused-ring (bicyclic) bond motifs is 1. The van der Waals surface area contributed by atoms with Gasteiger partial charge in [-0.25, -0.2) is 0 Å². The molecule has 0 saturated heterocycles. The number of hydrogen-bond acceptors (Lipinski definition) is 3. The van der Waals surface area contributed by atoms with Gasteiger partial charge in [-0.1, -0.05) is 71.8 Å². The van der Waals surface area contributed by atoms with E-state index in [4.69, 9.17) is 16.6 Å². The van der Waals surface area contributed by atoms with Gasteiger partial charge in [-0.2, -0.15) is 0 Å². The van der Waals surface area contributed by atoms with Gasteiger partial charge in [-0.05, 0) is 55.3 Å². The van der Waals surface area contributed by atoms with Crippen molar-refractivity contribution in [3.8, 4) is 11.3 Å². The lowest BCUT2D eigenvalue weighted by Gasteiger charge is -2.16. The molecule has 0 saturated carbocycles. The van der Waals surface area contributed by atoms with Crippen LogP contribution in [0.25, 0.3) is 17.3 Å². The van der Waals surface area contributed by atoms with Gasteiger partial charge in [-0.3, -0.25) is 9.78 Å². The monoisotopic (exact) mass is 464 g/mol. The first-order valence-corrected chi connectivity index (χ1v) is 11.8. The molecule has 0 amide bonds. The molecule has 168 valence electrons. The Kier molecular flexibility index (Phi) is 6.04. The van der Waals surface area contributed by atoms with E-state index in [1.54, 1.807) is 0 Å². The van der Waals surface area contributed by atoms with Gasteiger partial charge in [0, 0.05) is 45.9 Å². The lowest BCUT2D eigenvalue weighted by Crippen LogP contribution is -2.05. The molecule has 5 rings (SSSR count). The third kappa shape index (κ3) is 4.66. The highest BCUT2D eigenvalue weighted by Crippen LogP contribution is 2.34. The largest absolute Gasteiger partial charge is 0.355 e. The van der Waals surface area contributed by atoms with Gasteiger partial charge in [0.2, 0.25) is 0 Å². The van der Waals surface area contributed by atoms with E-state index in [0.717, 1.165) is 62.6 Å². The number of halogens is 1. The predicted octanol–water partition coefficient (Wildman–Crippen LogP) is 7.76. The molecule has 1 aliphatic carbocycles. The normalized spacial score (nSPS) is 12.0. The summed E-state index contributed by atoms with van der Waals surface area (Å²) in [7, 11) is 0. The molecule has 1 N–H and O–H groups in total. The van der Waals surface area contributed by atoms with Crippen molar-refractivity contribution in [2.24, 2.45) is 0 Å². The van der Waals surface area contributed by atoms with Crippen molar-refractivity contribution in [3.63, 3.8) is 0 Å². The van der Waals surface area contributed by atoms with Gasteiger partial charge in [0.05, 0.1) is 11.4 Å². The van der Waals surface area contributed by atoms with Crippen LogP contribution in [0.3, 0.4) is 0 Å². The highest BCUT2D eigenvalue weighted by atomic mass is 35.5. The molecule has 1 aliphatic rings. The Balaban J connectivity index is 1.46. The van der Waals surface area contributed by atoms with Crippen molar-refractivity contribution >= 4 is 34.8 Å². The van der Waals surface area contributed by atoms with E-state index in [-0.39, 0.29) is 5.78 Å². The Morgan fingerprint density at radius 1 is 0.971 bits per heavy atom. The third-order valence-corrected chi connectivity index (χ3v) is 6.36. The second-order valence-corrected chi connectivity index (χ2v) is 9.21. The van der Waals surface area contributed by atoms with E-state index < -0.39 is 0 Å². The number of nitrogens with one attached hydrogen (secondary N) is 1. The van der Waals surface area contributed by atoms with Crippen LogP contribution in [0.4, 0.5) is 11.4 Å². The summed E-state index contributed by atoms with van der Waals surface area (Å²) in [6.45, 7) is 4.08. The Morgan fingerprint density at radius 2 is 1.82 bits per heavy atom. The number of rotatable bonds is 6. The van der Waals surface area contributed by atoms with Crippen LogP contribution in [0.2, 0.25) is 5.02 Å². The number of ketones is 1. The fraction of sp³-hybridized carbons (Fsp3) is 0.133. The first-order chi connectivity index (χ1) is 16.5. The fourth-order valence-electron chi connectivity index (χ4n) is 4.30. The van der Waals surface area contributed by atoms with Gasteiger partial charge < -0.3 is 5.32 Å². The number of aromatic nitrogens is 1. The first kappa shape index (κ1) is 22.1. The Hall–Kier alpha value is -3.69. The average molecular weight is 465 g/mol. The minimum atomic E-state index is 0.120. The molecular weight excluding hydrogens is 440 g/mol. The van der Waals surface area contributed by atoms with Gasteiger partial charge in [0.25, 0.3) is 0 Å². The van der Waals surface area contributed by atoms with Crippen LogP contribution in [0.1, 0.15) is 38.3 Å². The zero-order valence-corrected chi connectivity index (χ0v) is 20.0. The molecular formula is C30H25ClN2O. The summed E-state index contributed by atoms with van der Waals surface area (Å²) in [6.07, 6.45) is 5.42. The molecule has 1 aromatic heterocycles. The zero-order chi connectivity index (χ0) is 23.7. The molecule has 0 fully saturated rings. The number of anilines is 2. The smallest absolute Gasteiger partial charge is 0.167 e. The maximum atomic E-state index is 12.9. The summed E-state index contributed by atoms with van der Waals surface area (Å²) in [5.41, 5.74) is 9.94. The minimum absolute atomic E-state index is 0.120. The van der Waals surface area contributed by atoms with Gasteiger partial charge >= 0.3 is 0 Å². The Morgan fingerprint density at radius 3 is 2.65 bits per heavy atom. The summed E-state index contributed by atoms with van der Waals surface area (Å²) in [5, 5.41) is 4.31. The van der Waals surface area contributed by atoms with Crippen LogP contribution in [-0.4, -0.2) is 10.8 Å². The Bertz CT molecular complexity index is 1440. The quantitative estimate of drug-likeness (QED) is 0.296. The predicted molar refractivity (Wildman–Crippen MR) is 141 cm³/mol. The molecule has 0 bridgehead atoms. The molecule has 4 aromatic rings. The van der Waals surface area contributed by atoms with E-state index in [1.165, 1.54) is 0 Å². The number of allylic oxidation sites excluding steroid dienone is 1. The van der Waals surface area contributed by atoms with Crippen LogP contribution < -0.4 is 5.32 Å². The molecule has 0 spiro atoms. The number of carbonyl (C=O) groups excluding carboxylic acids is 1. The minimum Gasteiger partial charge on any atom is -0.355 e. The van der Waals surface area contributed by atoms with Crippen LogP contribution >= 0.6 is 11.6 Å². The highest BCUT2D eigenvalue weighted by molar-refractivity contribution is 6.30. The molecule has 4 heteroatoms. The third-order valence-electron chi connectivity index (χ3n) is 6.13. The van der Waals surface area contributed by atoms with Crippen molar-refractivity contribution in [1.82, 2.24) is 4.98 Å². The van der Waals surface area contributed by atoms with Crippen molar-refractivity contribution in [2.75, 3.05) is 5.32 Å². The molecule has 1 heterocycles. The summed E-state index contributed by atoms with van der Waals surface area (Å²) in [5.74, 6) is 0.120. The Labute approximate surface area is 205 Å². The zero-order valence-electron chi connectivity index (χ0n) is 19.2. The molecule has 0 atom stereocenters.